The second kappa shape index (κ2) is 5.72. The third-order valence-corrected chi connectivity index (χ3v) is 2.65. The molecule has 0 unspecified atom stereocenters. The van der Waals surface area contributed by atoms with Crippen molar-refractivity contribution >= 4 is 0 Å². The average Bonchev–Trinajstić information content (AvgIpc) is 2.34. The molecule has 0 radical (unpaired) electrons. The van der Waals surface area contributed by atoms with E-state index in [0.29, 0.717) is 0 Å². The van der Waals surface area contributed by atoms with Gasteiger partial charge in [-0.1, -0.05) is 6.58 Å². The monoisotopic (exact) mass is 374 g/mol. The maximum atomic E-state index is 13.0. The Morgan fingerprint density at radius 2 is 0.957 bits per heavy atom. The van der Waals surface area contributed by atoms with Crippen molar-refractivity contribution in [2.24, 2.45) is 0 Å². The van der Waals surface area contributed by atoms with Crippen LogP contribution in [0.2, 0.25) is 0 Å². The molecule has 0 N–H and O–H groups in total. The molecule has 0 aliphatic heterocycles. The molecule has 0 saturated carbocycles. The summed E-state index contributed by atoms with van der Waals surface area (Å²) in [5, 5.41) is 0. The quantitative estimate of drug-likeness (QED) is 0.397. The van der Waals surface area contributed by atoms with Crippen molar-refractivity contribution < 1.29 is 57.1 Å². The minimum absolute atomic E-state index is 1.18. The predicted octanol–water partition coefficient (Wildman–Crippen LogP) is 5.69. The van der Waals surface area contributed by atoms with Crippen molar-refractivity contribution in [3.05, 3.63) is 12.7 Å². The molecule has 0 heterocycles. The first kappa shape index (κ1) is 21.8. The zero-order valence-electron chi connectivity index (χ0n) is 10.6. The molecule has 0 aromatic carbocycles. The summed E-state index contributed by atoms with van der Waals surface area (Å²) < 4.78 is 164. The average molecular weight is 374 g/mol. The Morgan fingerprint density at radius 3 is 1.26 bits per heavy atom. The Bertz CT molecular complexity index is 431. The van der Waals surface area contributed by atoms with Gasteiger partial charge in [-0.2, -0.15) is 57.1 Å². The third kappa shape index (κ3) is 3.67. The van der Waals surface area contributed by atoms with Crippen molar-refractivity contribution in [3.8, 4) is 0 Å². The largest absolute Gasteiger partial charge is 0.389 e. The molecular formula is C10H7F13. The number of alkyl halides is 13. The summed E-state index contributed by atoms with van der Waals surface area (Å²) in [5.74, 6) is -34.0. The fourth-order valence-electron chi connectivity index (χ4n) is 1.22. The number of halogens is 13. The van der Waals surface area contributed by atoms with Crippen LogP contribution < -0.4 is 0 Å². The molecule has 0 bridgehead atoms. The summed E-state index contributed by atoms with van der Waals surface area (Å²) in [6.45, 7) is 1.98. The molecule has 0 fully saturated rings. The SMILES string of the molecule is C=CC(F)(F)C(F)(F)C(F)(F)C(F)(F)C(F)(F)CCC(F)(F)F. The van der Waals surface area contributed by atoms with Crippen LogP contribution in [0.1, 0.15) is 12.8 Å². The Hall–Kier alpha value is -1.17. The molecule has 0 rings (SSSR count). The molecule has 0 aliphatic rings. The van der Waals surface area contributed by atoms with Gasteiger partial charge in [0, 0.05) is 12.8 Å². The van der Waals surface area contributed by atoms with E-state index in [0.717, 1.165) is 0 Å². The maximum absolute atomic E-state index is 13.0. The van der Waals surface area contributed by atoms with Crippen LogP contribution in [0.5, 0.6) is 0 Å². The van der Waals surface area contributed by atoms with E-state index >= 15 is 0 Å². The summed E-state index contributed by atoms with van der Waals surface area (Å²) in [6, 6.07) is 0. The molecule has 0 atom stereocenters. The lowest BCUT2D eigenvalue weighted by atomic mass is 9.92. The molecule has 0 nitrogen and oxygen atoms in total. The fraction of sp³-hybridized carbons (Fsp3) is 0.800. The summed E-state index contributed by atoms with van der Waals surface area (Å²) in [5.41, 5.74) is 0. The van der Waals surface area contributed by atoms with Gasteiger partial charge in [-0.05, 0) is 6.08 Å². The van der Waals surface area contributed by atoms with Gasteiger partial charge in [0.15, 0.2) is 0 Å². The smallest absolute Gasteiger partial charge is 0.200 e. The third-order valence-electron chi connectivity index (χ3n) is 2.65. The van der Waals surface area contributed by atoms with Gasteiger partial charge in [0.2, 0.25) is 0 Å². The van der Waals surface area contributed by atoms with E-state index in [4.69, 9.17) is 0 Å². The van der Waals surface area contributed by atoms with E-state index < -0.39 is 54.7 Å². The molecule has 0 spiro atoms. The lowest BCUT2D eigenvalue weighted by molar-refractivity contribution is -0.396. The first-order valence-electron chi connectivity index (χ1n) is 5.36. The van der Waals surface area contributed by atoms with Crippen LogP contribution in [-0.4, -0.2) is 35.8 Å². The first-order valence-corrected chi connectivity index (χ1v) is 5.36. The molecule has 13 heteroatoms. The lowest BCUT2D eigenvalue weighted by Gasteiger charge is -2.38. The normalized spacial score (nSPS) is 15.7. The van der Waals surface area contributed by atoms with Crippen molar-refractivity contribution in [2.45, 2.75) is 48.6 Å². The highest BCUT2D eigenvalue weighted by Crippen LogP contribution is 2.58. The Labute approximate surface area is 119 Å². The van der Waals surface area contributed by atoms with E-state index in [2.05, 4.69) is 0 Å². The summed E-state index contributed by atoms with van der Waals surface area (Å²) >= 11 is 0. The van der Waals surface area contributed by atoms with E-state index in [9.17, 15) is 57.1 Å². The van der Waals surface area contributed by atoms with Crippen LogP contribution in [0.15, 0.2) is 12.7 Å². The predicted molar refractivity (Wildman–Crippen MR) is 50.2 cm³/mol. The molecule has 0 amide bonds. The summed E-state index contributed by atoms with van der Waals surface area (Å²) in [6.07, 6.45) is -12.4. The number of hydrogen-bond donors (Lipinski definition) is 0. The van der Waals surface area contributed by atoms with Gasteiger partial charge in [0.05, 0.1) is 0 Å². The minimum Gasteiger partial charge on any atom is -0.200 e. The second-order valence-electron chi connectivity index (χ2n) is 4.37. The van der Waals surface area contributed by atoms with Crippen molar-refractivity contribution in [1.82, 2.24) is 0 Å². The van der Waals surface area contributed by atoms with Gasteiger partial charge in [-0.25, -0.2) is 0 Å². The zero-order valence-corrected chi connectivity index (χ0v) is 10.6. The molecule has 0 aliphatic carbocycles. The molecule has 23 heavy (non-hydrogen) atoms. The van der Waals surface area contributed by atoms with E-state index in [1.807, 2.05) is 6.58 Å². The topological polar surface area (TPSA) is 0 Å². The standard InChI is InChI=1S/C10H7F13/c1-2-5(11,12)8(18,19)10(22,23)9(20,21)6(13,14)3-4-7(15,16)17/h2H,1,3-4H2. The fourth-order valence-corrected chi connectivity index (χ4v) is 1.22. The molecule has 138 valence electrons. The highest BCUT2D eigenvalue weighted by atomic mass is 19.4. The van der Waals surface area contributed by atoms with Crippen molar-refractivity contribution in [3.63, 3.8) is 0 Å². The number of rotatable bonds is 7. The van der Waals surface area contributed by atoms with Crippen molar-refractivity contribution in [1.29, 1.82) is 0 Å². The van der Waals surface area contributed by atoms with Gasteiger partial charge in [-0.3, -0.25) is 0 Å². The Morgan fingerprint density at radius 1 is 0.565 bits per heavy atom. The van der Waals surface area contributed by atoms with Crippen LogP contribution in [0.25, 0.3) is 0 Å². The molecule has 0 aromatic heterocycles. The maximum Gasteiger partial charge on any atom is 0.389 e. The van der Waals surface area contributed by atoms with Crippen LogP contribution in [0.4, 0.5) is 57.1 Å². The van der Waals surface area contributed by atoms with E-state index in [1.165, 1.54) is 0 Å². The Balaban J connectivity index is 5.82. The number of allylic oxidation sites excluding steroid dienone is 1. The van der Waals surface area contributed by atoms with Gasteiger partial charge in [0.25, 0.3) is 0 Å². The molecule has 0 aromatic rings. The Kier molecular flexibility index (Phi) is 5.43. The van der Waals surface area contributed by atoms with Gasteiger partial charge in [-0.15, -0.1) is 0 Å². The number of hydrogen-bond acceptors (Lipinski definition) is 0. The van der Waals surface area contributed by atoms with Crippen LogP contribution in [0.3, 0.4) is 0 Å². The van der Waals surface area contributed by atoms with Gasteiger partial charge >= 0.3 is 35.8 Å². The minimum atomic E-state index is -7.37. The molecule has 0 saturated heterocycles. The van der Waals surface area contributed by atoms with Crippen LogP contribution >= 0.6 is 0 Å². The van der Waals surface area contributed by atoms with E-state index in [1.54, 1.807) is 0 Å². The highest BCUT2D eigenvalue weighted by molar-refractivity contribution is 5.12. The zero-order chi connectivity index (χ0) is 19.1. The van der Waals surface area contributed by atoms with Gasteiger partial charge in [0.1, 0.15) is 0 Å². The molecular weight excluding hydrogens is 367 g/mol. The summed E-state index contributed by atoms with van der Waals surface area (Å²) in [4.78, 5) is 0. The lowest BCUT2D eigenvalue weighted by Crippen LogP contribution is -2.66. The van der Waals surface area contributed by atoms with Crippen LogP contribution in [0, 0.1) is 0 Å². The second-order valence-corrected chi connectivity index (χ2v) is 4.37. The van der Waals surface area contributed by atoms with Gasteiger partial charge < -0.3 is 0 Å². The van der Waals surface area contributed by atoms with Crippen LogP contribution in [-0.2, 0) is 0 Å². The first-order chi connectivity index (χ1) is 9.77. The highest BCUT2D eigenvalue weighted by Gasteiger charge is 2.85. The van der Waals surface area contributed by atoms with E-state index in [-0.39, 0.29) is 0 Å². The summed E-state index contributed by atoms with van der Waals surface area (Å²) in [7, 11) is 0. The van der Waals surface area contributed by atoms with Crippen molar-refractivity contribution in [2.75, 3.05) is 0 Å².